The Labute approximate surface area is 177 Å². The Morgan fingerprint density at radius 3 is 2.28 bits per heavy atom. The number of hydrogen-bond donors (Lipinski definition) is 2. The van der Waals surface area contributed by atoms with Crippen LogP contribution in [0.25, 0.3) is 0 Å². The third kappa shape index (κ3) is 6.39. The summed E-state index contributed by atoms with van der Waals surface area (Å²) in [5, 5.41) is 5.95. The summed E-state index contributed by atoms with van der Waals surface area (Å²) in [4.78, 5) is 27.1. The van der Waals surface area contributed by atoms with Crippen LogP contribution in [0.15, 0.2) is 54.6 Å². The first kappa shape index (κ1) is 21.0. The van der Waals surface area contributed by atoms with Gasteiger partial charge in [-0.3, -0.25) is 9.59 Å². The van der Waals surface area contributed by atoms with E-state index in [9.17, 15) is 9.59 Å². The largest absolute Gasteiger partial charge is 0.339 e. The van der Waals surface area contributed by atoms with Crippen molar-refractivity contribution in [2.75, 3.05) is 18.4 Å². The summed E-state index contributed by atoms with van der Waals surface area (Å²) in [7, 11) is 0. The zero-order valence-corrected chi connectivity index (χ0v) is 17.3. The smallest absolute Gasteiger partial charge is 0.255 e. The molecule has 0 radical (unpaired) electrons. The molecule has 2 aromatic rings. The first-order chi connectivity index (χ1) is 14.1. The zero-order valence-electron chi connectivity index (χ0n) is 16.5. The number of carbonyl (C=O) groups excluding carboxylic acids is 2. The molecule has 29 heavy (non-hydrogen) atoms. The standard InChI is InChI=1S/C23H27N3O2S/c27-21(15-14-18-10-4-3-5-11-18)25-23(29)24-20-13-7-6-12-19(20)22(28)26-16-8-1-2-9-17-26/h3-7,10-13H,1-2,8-9,14-17H2,(H2,24,25,27,29). The molecule has 0 atom stereocenters. The Hall–Kier alpha value is -2.73. The minimum Gasteiger partial charge on any atom is -0.339 e. The van der Waals surface area contributed by atoms with Gasteiger partial charge in [-0.05, 0) is 49.2 Å². The van der Waals surface area contributed by atoms with E-state index in [-0.39, 0.29) is 16.9 Å². The molecule has 0 saturated carbocycles. The van der Waals surface area contributed by atoms with E-state index in [2.05, 4.69) is 10.6 Å². The van der Waals surface area contributed by atoms with E-state index >= 15 is 0 Å². The van der Waals surface area contributed by atoms with Crippen molar-refractivity contribution < 1.29 is 9.59 Å². The molecule has 2 amide bonds. The molecule has 0 aliphatic carbocycles. The number of benzene rings is 2. The van der Waals surface area contributed by atoms with Gasteiger partial charge in [-0.2, -0.15) is 0 Å². The van der Waals surface area contributed by atoms with E-state index in [4.69, 9.17) is 12.2 Å². The van der Waals surface area contributed by atoms with Crippen molar-refractivity contribution >= 4 is 34.8 Å². The lowest BCUT2D eigenvalue weighted by Crippen LogP contribution is -2.36. The second kappa shape index (κ2) is 10.7. The fourth-order valence-electron chi connectivity index (χ4n) is 3.47. The summed E-state index contributed by atoms with van der Waals surface area (Å²) in [5.41, 5.74) is 2.31. The Morgan fingerprint density at radius 1 is 0.897 bits per heavy atom. The second-order valence-electron chi connectivity index (χ2n) is 7.24. The van der Waals surface area contributed by atoms with Gasteiger partial charge in [-0.15, -0.1) is 0 Å². The third-order valence-electron chi connectivity index (χ3n) is 5.04. The van der Waals surface area contributed by atoms with Crippen molar-refractivity contribution in [3.05, 3.63) is 65.7 Å². The Bertz CT molecular complexity index is 846. The molecule has 152 valence electrons. The highest BCUT2D eigenvalue weighted by Gasteiger charge is 2.20. The van der Waals surface area contributed by atoms with Crippen LogP contribution in [0.5, 0.6) is 0 Å². The van der Waals surface area contributed by atoms with Gasteiger partial charge in [-0.1, -0.05) is 55.3 Å². The summed E-state index contributed by atoms with van der Waals surface area (Å²) in [6, 6.07) is 17.2. The van der Waals surface area contributed by atoms with Gasteiger partial charge >= 0.3 is 0 Å². The van der Waals surface area contributed by atoms with Crippen LogP contribution in [0.4, 0.5) is 5.69 Å². The summed E-state index contributed by atoms with van der Waals surface area (Å²) >= 11 is 5.30. The Balaban J connectivity index is 1.57. The van der Waals surface area contributed by atoms with Gasteiger partial charge < -0.3 is 15.5 Å². The van der Waals surface area contributed by atoms with Crippen LogP contribution in [0.1, 0.15) is 48.0 Å². The van der Waals surface area contributed by atoms with Gasteiger partial charge in [0.25, 0.3) is 5.91 Å². The van der Waals surface area contributed by atoms with E-state index in [1.165, 1.54) is 12.8 Å². The first-order valence-corrected chi connectivity index (χ1v) is 10.6. The molecular formula is C23H27N3O2S. The number of carbonyl (C=O) groups is 2. The van der Waals surface area contributed by atoms with Gasteiger partial charge in [0.05, 0.1) is 11.3 Å². The van der Waals surface area contributed by atoms with Crippen LogP contribution < -0.4 is 10.6 Å². The molecule has 6 heteroatoms. The van der Waals surface area contributed by atoms with E-state index in [0.717, 1.165) is 31.5 Å². The van der Waals surface area contributed by atoms with Gasteiger partial charge in [0, 0.05) is 19.5 Å². The van der Waals surface area contributed by atoms with Crippen LogP contribution in [0.3, 0.4) is 0 Å². The average molecular weight is 410 g/mol. The maximum absolute atomic E-state index is 13.0. The number of nitrogens with one attached hydrogen (secondary N) is 2. The molecule has 3 rings (SSSR count). The fourth-order valence-corrected chi connectivity index (χ4v) is 3.69. The number of rotatable bonds is 5. The number of likely N-dealkylation sites (tertiary alicyclic amines) is 1. The number of hydrogen-bond acceptors (Lipinski definition) is 3. The summed E-state index contributed by atoms with van der Waals surface area (Å²) in [6.45, 7) is 1.57. The van der Waals surface area contributed by atoms with E-state index < -0.39 is 0 Å². The number of para-hydroxylation sites is 1. The normalized spacial score (nSPS) is 14.0. The zero-order chi connectivity index (χ0) is 20.5. The van der Waals surface area contributed by atoms with E-state index in [1.807, 2.05) is 53.4 Å². The van der Waals surface area contributed by atoms with Crippen LogP contribution in [-0.4, -0.2) is 34.9 Å². The maximum Gasteiger partial charge on any atom is 0.255 e. The topological polar surface area (TPSA) is 61.4 Å². The summed E-state index contributed by atoms with van der Waals surface area (Å²) in [6.07, 6.45) is 5.42. The SMILES string of the molecule is O=C(CCc1ccccc1)NC(=S)Nc1ccccc1C(=O)N1CCCCCC1. The van der Waals surface area contributed by atoms with Crippen LogP contribution >= 0.6 is 12.2 Å². The average Bonchev–Trinajstić information content (AvgIpc) is 3.02. The molecular weight excluding hydrogens is 382 g/mol. The van der Waals surface area contributed by atoms with E-state index in [0.29, 0.717) is 24.1 Å². The highest BCUT2D eigenvalue weighted by Crippen LogP contribution is 2.20. The molecule has 2 N–H and O–H groups in total. The van der Waals surface area contributed by atoms with Crippen LogP contribution in [0.2, 0.25) is 0 Å². The summed E-state index contributed by atoms with van der Waals surface area (Å²) in [5.74, 6) is -0.143. The van der Waals surface area contributed by atoms with Crippen LogP contribution in [-0.2, 0) is 11.2 Å². The molecule has 1 heterocycles. The predicted molar refractivity (Wildman–Crippen MR) is 120 cm³/mol. The maximum atomic E-state index is 13.0. The molecule has 1 fully saturated rings. The van der Waals surface area contributed by atoms with E-state index in [1.54, 1.807) is 6.07 Å². The summed E-state index contributed by atoms with van der Waals surface area (Å²) < 4.78 is 0. The molecule has 0 unspecified atom stereocenters. The van der Waals surface area contributed by atoms with Gasteiger partial charge in [-0.25, -0.2) is 0 Å². The monoisotopic (exact) mass is 409 g/mol. The Kier molecular flexibility index (Phi) is 7.76. The number of aryl methyl sites for hydroxylation is 1. The molecule has 1 aliphatic heterocycles. The van der Waals surface area contributed by atoms with Crippen molar-refractivity contribution in [2.45, 2.75) is 38.5 Å². The number of amides is 2. The fraction of sp³-hybridized carbons (Fsp3) is 0.348. The second-order valence-corrected chi connectivity index (χ2v) is 7.65. The lowest BCUT2D eigenvalue weighted by molar-refractivity contribution is -0.119. The minimum absolute atomic E-state index is 0.00760. The highest BCUT2D eigenvalue weighted by atomic mass is 32.1. The van der Waals surface area contributed by atoms with Crippen LogP contribution in [0, 0.1) is 0 Å². The molecule has 0 aromatic heterocycles. The quantitative estimate of drug-likeness (QED) is 0.729. The van der Waals surface area contributed by atoms with Gasteiger partial charge in [0.2, 0.25) is 5.91 Å². The molecule has 0 spiro atoms. The third-order valence-corrected chi connectivity index (χ3v) is 5.24. The van der Waals surface area contributed by atoms with Crippen molar-refractivity contribution in [1.82, 2.24) is 10.2 Å². The number of nitrogens with zero attached hydrogens (tertiary/aromatic N) is 1. The van der Waals surface area contributed by atoms with Crippen molar-refractivity contribution in [3.8, 4) is 0 Å². The first-order valence-electron chi connectivity index (χ1n) is 10.2. The molecule has 1 aliphatic rings. The van der Waals surface area contributed by atoms with Gasteiger partial charge in [0.1, 0.15) is 0 Å². The van der Waals surface area contributed by atoms with Gasteiger partial charge in [0.15, 0.2) is 5.11 Å². The number of thiocarbonyl (C=S) groups is 1. The van der Waals surface area contributed by atoms with Crippen molar-refractivity contribution in [2.24, 2.45) is 0 Å². The van der Waals surface area contributed by atoms with Crippen molar-refractivity contribution in [3.63, 3.8) is 0 Å². The Morgan fingerprint density at radius 2 is 1.55 bits per heavy atom. The molecule has 2 aromatic carbocycles. The highest BCUT2D eigenvalue weighted by molar-refractivity contribution is 7.80. The predicted octanol–water partition coefficient (Wildman–Crippen LogP) is 4.15. The lowest BCUT2D eigenvalue weighted by Gasteiger charge is -2.22. The lowest BCUT2D eigenvalue weighted by atomic mass is 10.1. The minimum atomic E-state index is -0.150. The molecule has 1 saturated heterocycles. The molecule has 0 bridgehead atoms. The molecule has 5 nitrogen and oxygen atoms in total. The number of anilines is 1. The van der Waals surface area contributed by atoms with Crippen molar-refractivity contribution in [1.29, 1.82) is 0 Å².